The zero-order valence-corrected chi connectivity index (χ0v) is 12.4. The smallest absolute Gasteiger partial charge is 0.119 e. The van der Waals surface area contributed by atoms with Crippen molar-refractivity contribution in [2.75, 3.05) is 6.61 Å². The van der Waals surface area contributed by atoms with E-state index in [9.17, 15) is 10.5 Å². The Hall–Kier alpha value is -2.59. The molecule has 1 heterocycles. The third kappa shape index (κ3) is 2.80. The zero-order chi connectivity index (χ0) is 15.4. The highest BCUT2D eigenvalue weighted by molar-refractivity contribution is 5.90. The van der Waals surface area contributed by atoms with Gasteiger partial charge in [0.15, 0.2) is 0 Å². The van der Waals surface area contributed by atoms with Gasteiger partial charge in [-0.2, -0.15) is 10.5 Å². The van der Waals surface area contributed by atoms with E-state index in [4.69, 9.17) is 4.74 Å². The molecule has 0 saturated carbocycles. The molecule has 106 valence electrons. The summed E-state index contributed by atoms with van der Waals surface area (Å²) in [5.41, 5.74) is 2.96. The quantitative estimate of drug-likeness (QED) is 0.849. The Kier molecular flexibility index (Phi) is 4.40. The number of benzene rings is 1. The van der Waals surface area contributed by atoms with E-state index >= 15 is 0 Å². The monoisotopic (exact) mass is 279 g/mol. The van der Waals surface area contributed by atoms with Crippen molar-refractivity contribution in [2.24, 2.45) is 10.9 Å². The molecule has 1 aliphatic rings. The van der Waals surface area contributed by atoms with E-state index in [1.807, 2.05) is 45.0 Å². The van der Waals surface area contributed by atoms with Crippen LogP contribution in [0.4, 0.5) is 0 Å². The first-order valence-electron chi connectivity index (χ1n) is 6.90. The van der Waals surface area contributed by atoms with Crippen LogP contribution in [0.15, 0.2) is 40.5 Å². The van der Waals surface area contributed by atoms with E-state index in [1.54, 1.807) is 0 Å². The Labute approximate surface area is 125 Å². The van der Waals surface area contributed by atoms with Gasteiger partial charge in [0.05, 0.1) is 35.9 Å². The number of ether oxygens (including phenoxy) is 1. The second-order valence-electron chi connectivity index (χ2n) is 4.95. The maximum Gasteiger partial charge on any atom is 0.119 e. The molecule has 2 rings (SSSR count). The number of aliphatic imine (C=N–C) groups is 1. The molecule has 0 spiro atoms. The first-order chi connectivity index (χ1) is 10.1. The predicted molar refractivity (Wildman–Crippen MR) is 80.9 cm³/mol. The molecule has 0 N–H and O–H groups in total. The molecule has 0 saturated heterocycles. The van der Waals surface area contributed by atoms with E-state index in [-0.39, 0.29) is 5.92 Å². The van der Waals surface area contributed by atoms with Gasteiger partial charge in [0, 0.05) is 11.6 Å². The van der Waals surface area contributed by atoms with Crippen LogP contribution in [0.2, 0.25) is 0 Å². The molecule has 0 amide bonds. The number of nitriles is 2. The van der Waals surface area contributed by atoms with Gasteiger partial charge in [0.25, 0.3) is 0 Å². The van der Waals surface area contributed by atoms with Crippen LogP contribution in [0.25, 0.3) is 0 Å². The van der Waals surface area contributed by atoms with Crippen molar-refractivity contribution >= 4 is 5.71 Å². The lowest BCUT2D eigenvalue weighted by Gasteiger charge is -2.26. The fourth-order valence-electron chi connectivity index (χ4n) is 2.64. The molecule has 1 aromatic rings. The summed E-state index contributed by atoms with van der Waals surface area (Å²) in [5.74, 6) is 0.129. The molecule has 1 aliphatic heterocycles. The SMILES string of the molecule is CCOc1ccc([C@H]2C(C#N)=C(C)N=C(C)C2C#N)cc1. The molecular formula is C17H17N3O. The number of allylic oxidation sites excluding steroid dienone is 2. The number of rotatable bonds is 3. The Morgan fingerprint density at radius 2 is 1.86 bits per heavy atom. The normalized spacial score (nSPS) is 21.3. The van der Waals surface area contributed by atoms with Crippen LogP contribution >= 0.6 is 0 Å². The third-order valence-corrected chi connectivity index (χ3v) is 3.64. The van der Waals surface area contributed by atoms with Gasteiger partial charge >= 0.3 is 0 Å². The van der Waals surface area contributed by atoms with Crippen LogP contribution in [0, 0.1) is 28.6 Å². The van der Waals surface area contributed by atoms with Crippen molar-refractivity contribution in [3.8, 4) is 17.9 Å². The van der Waals surface area contributed by atoms with Gasteiger partial charge in [-0.3, -0.25) is 4.99 Å². The standard InChI is InChI=1S/C17H17N3O/c1-4-21-14-7-5-13(6-8-14)17-15(9-18)11(2)20-12(3)16(17)10-19/h5-8,15,17H,4H2,1-3H3/t15?,17-/m1/s1. The van der Waals surface area contributed by atoms with E-state index in [2.05, 4.69) is 17.1 Å². The van der Waals surface area contributed by atoms with E-state index < -0.39 is 5.92 Å². The van der Waals surface area contributed by atoms with Gasteiger partial charge in [-0.05, 0) is 38.5 Å². The molecule has 0 aromatic heterocycles. The van der Waals surface area contributed by atoms with Crippen molar-refractivity contribution in [3.05, 3.63) is 41.1 Å². The summed E-state index contributed by atoms with van der Waals surface area (Å²) >= 11 is 0. The lowest BCUT2D eigenvalue weighted by atomic mass is 9.77. The highest BCUT2D eigenvalue weighted by Gasteiger charge is 2.33. The molecule has 0 bridgehead atoms. The Balaban J connectivity index is 2.46. The fourth-order valence-corrected chi connectivity index (χ4v) is 2.64. The summed E-state index contributed by atoms with van der Waals surface area (Å²) in [7, 11) is 0. The lowest BCUT2D eigenvalue weighted by Crippen LogP contribution is -2.24. The van der Waals surface area contributed by atoms with E-state index in [0.29, 0.717) is 17.9 Å². The topological polar surface area (TPSA) is 69.2 Å². The second-order valence-corrected chi connectivity index (χ2v) is 4.95. The summed E-state index contributed by atoms with van der Waals surface area (Å²) in [6, 6.07) is 12.1. The number of hydrogen-bond donors (Lipinski definition) is 0. The third-order valence-electron chi connectivity index (χ3n) is 3.64. The van der Waals surface area contributed by atoms with Gasteiger partial charge in [-0.25, -0.2) is 0 Å². The summed E-state index contributed by atoms with van der Waals surface area (Å²) in [6.07, 6.45) is 0. The zero-order valence-electron chi connectivity index (χ0n) is 12.4. The predicted octanol–water partition coefficient (Wildman–Crippen LogP) is 3.58. The molecular weight excluding hydrogens is 262 g/mol. The summed E-state index contributed by atoms with van der Waals surface area (Å²) < 4.78 is 5.43. The van der Waals surface area contributed by atoms with Gasteiger partial charge in [-0.15, -0.1) is 0 Å². The van der Waals surface area contributed by atoms with Crippen molar-refractivity contribution < 1.29 is 4.74 Å². The van der Waals surface area contributed by atoms with Crippen molar-refractivity contribution in [2.45, 2.75) is 26.7 Å². The average Bonchev–Trinajstić information content (AvgIpc) is 2.48. The number of nitrogens with zero attached hydrogens (tertiary/aromatic N) is 3. The van der Waals surface area contributed by atoms with Gasteiger partial charge in [-0.1, -0.05) is 12.1 Å². The Morgan fingerprint density at radius 3 is 2.38 bits per heavy atom. The van der Waals surface area contributed by atoms with Gasteiger partial charge < -0.3 is 4.74 Å². The molecule has 2 atom stereocenters. The molecule has 0 aliphatic carbocycles. The van der Waals surface area contributed by atoms with Crippen LogP contribution in [0.3, 0.4) is 0 Å². The fraction of sp³-hybridized carbons (Fsp3) is 0.353. The van der Waals surface area contributed by atoms with Crippen LogP contribution in [0.1, 0.15) is 32.3 Å². The van der Waals surface area contributed by atoms with E-state index in [0.717, 1.165) is 17.0 Å². The Morgan fingerprint density at radius 1 is 1.19 bits per heavy atom. The highest BCUT2D eigenvalue weighted by atomic mass is 16.5. The van der Waals surface area contributed by atoms with E-state index in [1.165, 1.54) is 0 Å². The average molecular weight is 279 g/mol. The molecule has 1 aromatic carbocycles. The lowest BCUT2D eigenvalue weighted by molar-refractivity contribution is 0.340. The van der Waals surface area contributed by atoms with Crippen molar-refractivity contribution in [1.29, 1.82) is 10.5 Å². The van der Waals surface area contributed by atoms with Crippen molar-refractivity contribution in [1.82, 2.24) is 0 Å². The summed E-state index contributed by atoms with van der Waals surface area (Å²) in [4.78, 5) is 4.34. The first kappa shape index (κ1) is 14.8. The Bertz CT molecular complexity index is 671. The van der Waals surface area contributed by atoms with Crippen LogP contribution in [-0.4, -0.2) is 12.3 Å². The maximum atomic E-state index is 9.44. The van der Waals surface area contributed by atoms with Crippen LogP contribution in [-0.2, 0) is 0 Å². The summed E-state index contributed by atoms with van der Waals surface area (Å²) in [6.45, 7) is 6.20. The first-order valence-corrected chi connectivity index (χ1v) is 6.90. The van der Waals surface area contributed by atoms with Crippen LogP contribution < -0.4 is 4.74 Å². The minimum atomic E-state index is -0.402. The molecule has 0 fully saturated rings. The number of hydrogen-bond acceptors (Lipinski definition) is 4. The maximum absolute atomic E-state index is 9.44. The largest absolute Gasteiger partial charge is 0.494 e. The molecule has 0 radical (unpaired) electrons. The molecule has 4 heteroatoms. The molecule has 21 heavy (non-hydrogen) atoms. The molecule has 1 unspecified atom stereocenters. The highest BCUT2D eigenvalue weighted by Crippen LogP contribution is 2.38. The minimum Gasteiger partial charge on any atom is -0.494 e. The van der Waals surface area contributed by atoms with Crippen LogP contribution in [0.5, 0.6) is 5.75 Å². The second kappa shape index (κ2) is 6.24. The van der Waals surface area contributed by atoms with Crippen molar-refractivity contribution in [3.63, 3.8) is 0 Å². The van der Waals surface area contributed by atoms with Gasteiger partial charge in [0.1, 0.15) is 5.75 Å². The van der Waals surface area contributed by atoms with Gasteiger partial charge in [0.2, 0.25) is 0 Å². The molecule has 4 nitrogen and oxygen atoms in total. The minimum absolute atomic E-state index is 0.256. The summed E-state index contributed by atoms with van der Waals surface area (Å²) in [5, 5.41) is 18.9.